The number of morpholine rings is 1. The standard InChI is InChI=1S/C18H23N5O2/c1-2-8-20-18(24)21-15-5-3-14(4-6-15)17-19-9-7-16(22-17)23-10-12-25-13-11-23/h3-7,9H,2,8,10-13H2,1H3,(H2,20,21,24). The Morgan fingerprint density at radius 3 is 2.68 bits per heavy atom. The van der Waals surface area contributed by atoms with Crippen molar-refractivity contribution in [2.24, 2.45) is 0 Å². The fourth-order valence-electron chi connectivity index (χ4n) is 2.57. The highest BCUT2D eigenvalue weighted by atomic mass is 16.5. The molecule has 1 fully saturated rings. The van der Waals surface area contributed by atoms with Crippen molar-refractivity contribution in [3.63, 3.8) is 0 Å². The Morgan fingerprint density at radius 2 is 1.96 bits per heavy atom. The van der Waals surface area contributed by atoms with Gasteiger partial charge in [-0.1, -0.05) is 6.92 Å². The SMILES string of the molecule is CCCNC(=O)Nc1ccc(-c2nccc(N3CCOCC3)n2)cc1. The van der Waals surface area contributed by atoms with E-state index in [0.717, 1.165) is 49.8 Å². The Kier molecular flexibility index (Phi) is 5.79. The zero-order valence-corrected chi connectivity index (χ0v) is 14.4. The highest BCUT2D eigenvalue weighted by Crippen LogP contribution is 2.21. The van der Waals surface area contributed by atoms with Gasteiger partial charge in [0.1, 0.15) is 5.82 Å². The molecule has 0 saturated carbocycles. The number of urea groups is 1. The first-order chi connectivity index (χ1) is 12.3. The Bertz CT molecular complexity index is 699. The summed E-state index contributed by atoms with van der Waals surface area (Å²) < 4.78 is 5.38. The molecular formula is C18H23N5O2. The number of hydrogen-bond acceptors (Lipinski definition) is 5. The monoisotopic (exact) mass is 341 g/mol. The third kappa shape index (κ3) is 4.67. The molecular weight excluding hydrogens is 318 g/mol. The molecule has 2 N–H and O–H groups in total. The molecule has 1 aliphatic heterocycles. The Balaban J connectivity index is 1.68. The molecule has 3 rings (SSSR count). The van der Waals surface area contributed by atoms with Gasteiger partial charge in [-0.05, 0) is 36.8 Å². The van der Waals surface area contributed by atoms with Gasteiger partial charge in [-0.25, -0.2) is 14.8 Å². The minimum absolute atomic E-state index is 0.194. The summed E-state index contributed by atoms with van der Waals surface area (Å²) in [5.41, 5.74) is 1.65. The van der Waals surface area contributed by atoms with Crippen LogP contribution in [0.4, 0.5) is 16.3 Å². The van der Waals surface area contributed by atoms with Crippen molar-refractivity contribution < 1.29 is 9.53 Å². The molecule has 1 aliphatic rings. The molecule has 0 aliphatic carbocycles. The van der Waals surface area contributed by atoms with Gasteiger partial charge in [-0.2, -0.15) is 0 Å². The van der Waals surface area contributed by atoms with Gasteiger partial charge in [0.25, 0.3) is 0 Å². The smallest absolute Gasteiger partial charge is 0.319 e. The number of nitrogens with zero attached hydrogens (tertiary/aromatic N) is 3. The summed E-state index contributed by atoms with van der Waals surface area (Å²) in [6.45, 7) is 5.80. The molecule has 1 aromatic heterocycles. The number of rotatable bonds is 5. The molecule has 0 unspecified atom stereocenters. The Labute approximate surface area is 147 Å². The van der Waals surface area contributed by atoms with Crippen LogP contribution in [0.25, 0.3) is 11.4 Å². The third-order valence-electron chi connectivity index (χ3n) is 3.91. The van der Waals surface area contributed by atoms with Crippen molar-refractivity contribution in [2.45, 2.75) is 13.3 Å². The summed E-state index contributed by atoms with van der Waals surface area (Å²) in [6, 6.07) is 9.25. The van der Waals surface area contributed by atoms with Crippen molar-refractivity contribution in [3.8, 4) is 11.4 Å². The second kappa shape index (κ2) is 8.43. The molecule has 2 heterocycles. The molecule has 2 aromatic rings. The van der Waals surface area contributed by atoms with Gasteiger partial charge in [0, 0.05) is 37.1 Å². The minimum Gasteiger partial charge on any atom is -0.378 e. The van der Waals surface area contributed by atoms with Crippen LogP contribution in [0.2, 0.25) is 0 Å². The first kappa shape index (κ1) is 17.2. The molecule has 1 aromatic carbocycles. The van der Waals surface area contributed by atoms with E-state index in [1.807, 2.05) is 37.3 Å². The number of nitrogens with one attached hydrogen (secondary N) is 2. The maximum Gasteiger partial charge on any atom is 0.319 e. The van der Waals surface area contributed by atoms with E-state index in [4.69, 9.17) is 4.74 Å². The number of anilines is 2. The van der Waals surface area contributed by atoms with Crippen LogP contribution in [0.15, 0.2) is 36.5 Å². The van der Waals surface area contributed by atoms with Gasteiger partial charge in [0.05, 0.1) is 13.2 Å². The van der Waals surface area contributed by atoms with E-state index in [-0.39, 0.29) is 6.03 Å². The zero-order chi connectivity index (χ0) is 17.5. The molecule has 0 radical (unpaired) electrons. The topological polar surface area (TPSA) is 79.4 Å². The maximum absolute atomic E-state index is 11.7. The Hall–Kier alpha value is -2.67. The fraction of sp³-hybridized carbons (Fsp3) is 0.389. The summed E-state index contributed by atoms with van der Waals surface area (Å²) in [5, 5.41) is 5.59. The van der Waals surface area contributed by atoms with E-state index >= 15 is 0 Å². The lowest BCUT2D eigenvalue weighted by molar-refractivity contribution is 0.122. The molecule has 132 valence electrons. The van der Waals surface area contributed by atoms with E-state index in [2.05, 4.69) is 25.5 Å². The first-order valence-electron chi connectivity index (χ1n) is 8.57. The van der Waals surface area contributed by atoms with Gasteiger partial charge >= 0.3 is 6.03 Å². The number of benzene rings is 1. The minimum atomic E-state index is -0.194. The lowest BCUT2D eigenvalue weighted by atomic mass is 10.2. The lowest BCUT2D eigenvalue weighted by Crippen LogP contribution is -2.36. The van der Waals surface area contributed by atoms with Crippen molar-refractivity contribution in [1.29, 1.82) is 0 Å². The van der Waals surface area contributed by atoms with E-state index in [1.54, 1.807) is 6.20 Å². The van der Waals surface area contributed by atoms with Gasteiger partial charge in [-0.15, -0.1) is 0 Å². The number of ether oxygens (including phenoxy) is 1. The second-order valence-electron chi connectivity index (χ2n) is 5.80. The third-order valence-corrected chi connectivity index (χ3v) is 3.91. The average Bonchev–Trinajstić information content (AvgIpc) is 2.68. The quantitative estimate of drug-likeness (QED) is 0.873. The molecule has 0 atom stereocenters. The van der Waals surface area contributed by atoms with Crippen LogP contribution in [0.5, 0.6) is 0 Å². The molecule has 7 heteroatoms. The van der Waals surface area contributed by atoms with Crippen LogP contribution in [-0.2, 0) is 4.74 Å². The van der Waals surface area contributed by atoms with E-state index in [0.29, 0.717) is 12.4 Å². The number of amides is 2. The van der Waals surface area contributed by atoms with Crippen LogP contribution in [0, 0.1) is 0 Å². The maximum atomic E-state index is 11.7. The predicted octanol–water partition coefficient (Wildman–Crippen LogP) is 2.51. The van der Waals surface area contributed by atoms with Crippen molar-refractivity contribution in [3.05, 3.63) is 36.5 Å². The predicted molar refractivity (Wildman–Crippen MR) is 97.8 cm³/mol. The Morgan fingerprint density at radius 1 is 1.20 bits per heavy atom. The summed E-state index contributed by atoms with van der Waals surface area (Å²) in [4.78, 5) is 22.9. The van der Waals surface area contributed by atoms with E-state index in [1.165, 1.54) is 0 Å². The number of carbonyl (C=O) groups is 1. The van der Waals surface area contributed by atoms with Crippen molar-refractivity contribution in [1.82, 2.24) is 15.3 Å². The van der Waals surface area contributed by atoms with Crippen LogP contribution < -0.4 is 15.5 Å². The number of carbonyl (C=O) groups excluding carboxylic acids is 1. The molecule has 25 heavy (non-hydrogen) atoms. The summed E-state index contributed by atoms with van der Waals surface area (Å²) in [6.07, 6.45) is 2.68. The van der Waals surface area contributed by atoms with Crippen molar-refractivity contribution in [2.75, 3.05) is 43.1 Å². The van der Waals surface area contributed by atoms with E-state index < -0.39 is 0 Å². The second-order valence-corrected chi connectivity index (χ2v) is 5.80. The lowest BCUT2D eigenvalue weighted by Gasteiger charge is -2.27. The van der Waals surface area contributed by atoms with Crippen LogP contribution in [-0.4, -0.2) is 48.8 Å². The van der Waals surface area contributed by atoms with Gasteiger partial charge in [-0.3, -0.25) is 0 Å². The summed E-state index contributed by atoms with van der Waals surface area (Å²) >= 11 is 0. The molecule has 1 saturated heterocycles. The zero-order valence-electron chi connectivity index (χ0n) is 14.4. The highest BCUT2D eigenvalue weighted by molar-refractivity contribution is 5.89. The van der Waals surface area contributed by atoms with Gasteiger partial charge in [0.2, 0.25) is 0 Å². The molecule has 7 nitrogen and oxygen atoms in total. The van der Waals surface area contributed by atoms with Gasteiger partial charge < -0.3 is 20.3 Å². The first-order valence-corrected chi connectivity index (χ1v) is 8.57. The largest absolute Gasteiger partial charge is 0.378 e. The number of aromatic nitrogens is 2. The highest BCUT2D eigenvalue weighted by Gasteiger charge is 2.13. The summed E-state index contributed by atoms with van der Waals surface area (Å²) in [7, 11) is 0. The normalized spacial score (nSPS) is 14.2. The van der Waals surface area contributed by atoms with Crippen molar-refractivity contribution >= 4 is 17.5 Å². The number of hydrogen-bond donors (Lipinski definition) is 2. The van der Waals surface area contributed by atoms with Gasteiger partial charge in [0.15, 0.2) is 5.82 Å². The van der Waals surface area contributed by atoms with Crippen LogP contribution in [0.3, 0.4) is 0 Å². The average molecular weight is 341 g/mol. The van der Waals surface area contributed by atoms with E-state index in [9.17, 15) is 4.79 Å². The van der Waals surface area contributed by atoms with Crippen LogP contribution >= 0.6 is 0 Å². The molecule has 0 bridgehead atoms. The fourth-order valence-corrected chi connectivity index (χ4v) is 2.57. The summed E-state index contributed by atoms with van der Waals surface area (Å²) in [5.74, 6) is 1.58. The molecule has 0 spiro atoms. The molecule has 2 amide bonds. The van der Waals surface area contributed by atoms with Crippen LogP contribution in [0.1, 0.15) is 13.3 Å².